The molecule has 58 heavy (non-hydrogen) atoms. The average molecular weight is 829 g/mol. The Kier molecular flexibility index (Phi) is 10.6. The van der Waals surface area contributed by atoms with E-state index in [1.54, 1.807) is 6.08 Å². The van der Waals surface area contributed by atoms with E-state index in [2.05, 4.69) is 25.7 Å². The summed E-state index contributed by atoms with van der Waals surface area (Å²) in [6, 6.07) is 3.88. The van der Waals surface area contributed by atoms with Crippen LogP contribution in [0.5, 0.6) is 5.88 Å². The van der Waals surface area contributed by atoms with Crippen LogP contribution in [0.25, 0.3) is 11.1 Å². The van der Waals surface area contributed by atoms with E-state index in [1.165, 1.54) is 0 Å². The van der Waals surface area contributed by atoms with Gasteiger partial charge in [0.2, 0.25) is 23.8 Å². The molecule has 9 nitrogen and oxygen atoms in total. The first-order valence-electron chi connectivity index (χ1n) is 18.2. The number of alkyl halides is 8. The first kappa shape index (κ1) is 40.8. The molecule has 0 saturated heterocycles. The van der Waals surface area contributed by atoms with Gasteiger partial charge in [0.05, 0.1) is 18.6 Å². The van der Waals surface area contributed by atoms with Crippen molar-refractivity contribution in [2.45, 2.75) is 75.0 Å². The van der Waals surface area contributed by atoms with E-state index in [-0.39, 0.29) is 28.7 Å². The summed E-state index contributed by atoms with van der Waals surface area (Å²) in [6.07, 6.45) is -10.6. The van der Waals surface area contributed by atoms with Gasteiger partial charge < -0.3 is 25.4 Å². The molecule has 1 heterocycles. The highest BCUT2D eigenvalue weighted by atomic mass is 19.4. The number of rotatable bonds is 10. The van der Waals surface area contributed by atoms with Crippen LogP contribution in [0.2, 0.25) is 0 Å². The minimum absolute atomic E-state index is 0.195. The van der Waals surface area contributed by atoms with Crippen molar-refractivity contribution in [2.24, 2.45) is 23.7 Å². The van der Waals surface area contributed by atoms with E-state index in [4.69, 9.17) is 4.74 Å². The number of amides is 3. The van der Waals surface area contributed by atoms with Crippen LogP contribution >= 0.6 is 0 Å². The number of anilines is 1. The number of alkyl carbamates (subject to hydrolysis) is 1. The molecular formula is C39H34F10N4O5. The maximum Gasteiger partial charge on any atom is 0.429 e. The number of nitrogens with zero attached hydrogens (tertiary/aromatic N) is 1. The van der Waals surface area contributed by atoms with Gasteiger partial charge in [0.25, 0.3) is 5.91 Å². The second-order valence-electron chi connectivity index (χ2n) is 15.0. The molecule has 2 aromatic carbocycles. The zero-order valence-corrected chi connectivity index (χ0v) is 30.2. The summed E-state index contributed by atoms with van der Waals surface area (Å²) in [7, 11) is 1.15. The Bertz CT molecular complexity index is 2150. The zero-order valence-electron chi connectivity index (χ0n) is 30.2. The molecule has 4 saturated carbocycles. The number of methoxy groups -OCH3 is 1. The lowest BCUT2D eigenvalue weighted by Crippen LogP contribution is -2.48. The first-order chi connectivity index (χ1) is 27.2. The molecule has 4 fully saturated rings. The molecule has 310 valence electrons. The van der Waals surface area contributed by atoms with Crippen LogP contribution in [-0.4, -0.2) is 54.2 Å². The lowest BCUT2D eigenvalue weighted by atomic mass is 9.79. The van der Waals surface area contributed by atoms with E-state index in [0.717, 1.165) is 43.6 Å². The Morgan fingerprint density at radius 3 is 2.22 bits per heavy atom. The molecule has 3 aromatic rings. The number of benzene rings is 2. The second-order valence-corrected chi connectivity index (χ2v) is 15.0. The number of hydrogen-bond donors (Lipinski definition) is 3. The number of halogens is 10. The molecule has 1 aromatic heterocycles. The Balaban J connectivity index is 1.19. The third-order valence-electron chi connectivity index (χ3n) is 10.9. The monoisotopic (exact) mass is 828 g/mol. The van der Waals surface area contributed by atoms with Gasteiger partial charge >= 0.3 is 18.4 Å². The Morgan fingerprint density at radius 1 is 0.897 bits per heavy atom. The molecule has 2 bridgehead atoms. The van der Waals surface area contributed by atoms with Crippen molar-refractivity contribution in [3.8, 4) is 17.0 Å². The highest BCUT2D eigenvalue weighted by molar-refractivity contribution is 5.99. The number of allylic oxidation sites excluding steroid dienone is 1. The SMILES string of the molecule is COc1ncc(-c2cc([C@H](OC(=O)NC3CC3)C(F)(F)F)ccc2F)cc1C(=O)N[C@H]1[C@@H](C(=O)Nc2ccc(F)c(C(F)(F)F)c2)[C@H]2CC[C@@H]1/C2=C\C1CC(F)(F)C1. The van der Waals surface area contributed by atoms with Crippen molar-refractivity contribution in [1.29, 1.82) is 0 Å². The molecule has 0 spiro atoms. The van der Waals surface area contributed by atoms with Crippen LogP contribution in [0.1, 0.15) is 66.1 Å². The summed E-state index contributed by atoms with van der Waals surface area (Å²) in [5, 5.41) is 7.42. The third kappa shape index (κ3) is 8.43. The summed E-state index contributed by atoms with van der Waals surface area (Å²) < 4.78 is 150. The van der Waals surface area contributed by atoms with Crippen LogP contribution < -0.4 is 20.7 Å². The van der Waals surface area contributed by atoms with Gasteiger partial charge in [-0.2, -0.15) is 26.3 Å². The van der Waals surface area contributed by atoms with Crippen molar-refractivity contribution in [3.63, 3.8) is 0 Å². The van der Waals surface area contributed by atoms with E-state index in [0.29, 0.717) is 43.4 Å². The molecule has 4 aliphatic carbocycles. The number of nitrogens with one attached hydrogen (secondary N) is 3. The van der Waals surface area contributed by atoms with Crippen LogP contribution in [0.15, 0.2) is 60.3 Å². The molecule has 19 heteroatoms. The van der Waals surface area contributed by atoms with Gasteiger partial charge in [0.1, 0.15) is 17.2 Å². The third-order valence-corrected chi connectivity index (χ3v) is 10.9. The fourth-order valence-electron chi connectivity index (χ4n) is 8.11. The van der Waals surface area contributed by atoms with E-state index >= 15 is 4.39 Å². The summed E-state index contributed by atoms with van der Waals surface area (Å²) in [4.78, 5) is 44.2. The van der Waals surface area contributed by atoms with Crippen LogP contribution in [0.3, 0.4) is 0 Å². The normalized spacial score (nSPS) is 23.9. The summed E-state index contributed by atoms with van der Waals surface area (Å²) >= 11 is 0. The highest BCUT2D eigenvalue weighted by Gasteiger charge is 2.56. The minimum Gasteiger partial charge on any atom is -0.480 e. The van der Waals surface area contributed by atoms with Gasteiger partial charge in [0, 0.05) is 59.4 Å². The maximum atomic E-state index is 15.3. The van der Waals surface area contributed by atoms with E-state index in [1.807, 2.05) is 0 Å². The number of aromatic nitrogens is 1. The molecular weight excluding hydrogens is 794 g/mol. The fourth-order valence-corrected chi connectivity index (χ4v) is 8.11. The van der Waals surface area contributed by atoms with Gasteiger partial charge in [-0.1, -0.05) is 17.7 Å². The lowest BCUT2D eigenvalue weighted by Gasteiger charge is -2.33. The highest BCUT2D eigenvalue weighted by Crippen LogP contribution is 2.55. The van der Waals surface area contributed by atoms with Gasteiger partial charge in [0.15, 0.2) is 0 Å². The Hall–Kier alpha value is -5.36. The summed E-state index contributed by atoms with van der Waals surface area (Å²) in [5.41, 5.74) is -3.04. The molecule has 3 N–H and O–H groups in total. The smallest absolute Gasteiger partial charge is 0.429 e. The van der Waals surface area contributed by atoms with Crippen molar-refractivity contribution < 1.29 is 67.8 Å². The summed E-state index contributed by atoms with van der Waals surface area (Å²) in [5.74, 6) is -10.4. The minimum atomic E-state index is -5.10. The molecule has 4 aliphatic rings. The van der Waals surface area contributed by atoms with Crippen molar-refractivity contribution in [2.75, 3.05) is 12.4 Å². The number of hydrogen-bond acceptors (Lipinski definition) is 6. The molecule has 0 radical (unpaired) electrons. The number of carbonyl (C=O) groups is 3. The van der Waals surface area contributed by atoms with E-state index < -0.39 is 113 Å². The van der Waals surface area contributed by atoms with Crippen molar-refractivity contribution in [3.05, 3.63) is 88.6 Å². The molecule has 5 atom stereocenters. The van der Waals surface area contributed by atoms with E-state index in [9.17, 15) is 53.9 Å². The Morgan fingerprint density at radius 2 is 1.59 bits per heavy atom. The first-order valence-corrected chi connectivity index (χ1v) is 18.2. The number of ether oxygens (including phenoxy) is 2. The number of carbonyl (C=O) groups excluding carboxylic acids is 3. The average Bonchev–Trinajstić information content (AvgIpc) is 3.80. The standard InChI is InChI=1S/C39H34F10N4O5/c1-57-35-26(12-19(16-50-35)24-11-18(2-8-28(24)40)32(39(47,48)49)58-36(56)52-20-3-4-20)33(54)53-31-23-7-6-22(25(23)10-17-14-37(42,43)15-17)30(31)34(55)51-21-5-9-29(41)27(13-21)38(44,45)46/h2,5,8-13,16-17,20,22-23,30-32H,3-4,6-7,14-15H2,1H3,(H,51,55)(H,52,56)(H,53,54)/b25-10-/t22-,23+,30-,31+,32-/m0/s1. The maximum absolute atomic E-state index is 15.3. The van der Waals surface area contributed by atoms with Gasteiger partial charge in [-0.05, 0) is 73.9 Å². The second kappa shape index (κ2) is 15.1. The van der Waals surface area contributed by atoms with Gasteiger partial charge in [-0.15, -0.1) is 0 Å². The quantitative estimate of drug-likeness (QED) is 0.139. The molecule has 0 unspecified atom stereocenters. The zero-order chi connectivity index (χ0) is 41.9. The van der Waals surface area contributed by atoms with Crippen molar-refractivity contribution >= 4 is 23.6 Å². The topological polar surface area (TPSA) is 119 Å². The van der Waals surface area contributed by atoms with Crippen LogP contribution in [0, 0.1) is 35.3 Å². The lowest BCUT2D eigenvalue weighted by molar-refractivity contribution is -0.206. The van der Waals surface area contributed by atoms with Crippen molar-refractivity contribution in [1.82, 2.24) is 15.6 Å². The van der Waals surface area contributed by atoms with Crippen LogP contribution in [-0.2, 0) is 15.7 Å². The molecule has 0 aliphatic heterocycles. The number of pyridine rings is 1. The molecule has 3 amide bonds. The predicted octanol–water partition coefficient (Wildman–Crippen LogP) is 8.91. The number of fused-ring (bicyclic) bond motifs is 2. The molecule has 7 rings (SSSR count). The predicted molar refractivity (Wildman–Crippen MR) is 184 cm³/mol. The fraction of sp³-hybridized carbons (Fsp3) is 0.436. The summed E-state index contributed by atoms with van der Waals surface area (Å²) in [6.45, 7) is 0. The van der Waals surface area contributed by atoms with Gasteiger partial charge in [-0.3, -0.25) is 9.59 Å². The van der Waals surface area contributed by atoms with Gasteiger partial charge in [-0.25, -0.2) is 27.3 Å². The van der Waals surface area contributed by atoms with Crippen LogP contribution in [0.4, 0.5) is 54.4 Å². The largest absolute Gasteiger partial charge is 0.480 e. The Labute approximate surface area is 323 Å².